The number of carbonyl (C=O) groups excluding carboxylic acids is 1. The normalized spacial score (nSPS) is 11.3. The Balaban J connectivity index is 1.50. The summed E-state index contributed by atoms with van der Waals surface area (Å²) in [5.41, 5.74) is 0. The first-order chi connectivity index (χ1) is 15.7. The van der Waals surface area contributed by atoms with E-state index >= 15 is 0 Å². The molecule has 0 unspecified atom stereocenters. The van der Waals surface area contributed by atoms with Crippen molar-refractivity contribution in [2.24, 2.45) is 0 Å². The van der Waals surface area contributed by atoms with Crippen molar-refractivity contribution in [1.82, 2.24) is 0 Å². The Kier molecular flexibility index (Phi) is 11.2. The zero-order chi connectivity index (χ0) is 22.6. The van der Waals surface area contributed by atoms with E-state index in [1.807, 2.05) is 28.7 Å². The number of hydrogen-bond donors (Lipinski definition) is 0. The lowest BCUT2D eigenvalue weighted by Gasteiger charge is -1.99. The first-order valence-electron chi connectivity index (χ1n) is 12.5. The molecular weight excluding hydrogens is 449 g/mol. The predicted octanol–water partition coefficient (Wildman–Crippen LogP) is 10.7. The van der Waals surface area contributed by atoms with Crippen molar-refractivity contribution in [3.8, 4) is 19.5 Å². The summed E-state index contributed by atoms with van der Waals surface area (Å²) in [6.07, 6.45) is 16.0. The van der Waals surface area contributed by atoms with Gasteiger partial charge in [-0.2, -0.15) is 0 Å². The molecule has 0 aliphatic carbocycles. The Morgan fingerprint density at radius 2 is 1.12 bits per heavy atom. The lowest BCUT2D eigenvalue weighted by atomic mass is 10.1. The highest BCUT2D eigenvalue weighted by atomic mass is 32.1. The Hall–Kier alpha value is -1.23. The summed E-state index contributed by atoms with van der Waals surface area (Å²) in [5.74, 6) is 0.312. The smallest absolute Gasteiger partial charge is 0.172 e. The van der Waals surface area contributed by atoms with Crippen LogP contribution in [0.2, 0.25) is 0 Å². The van der Waals surface area contributed by atoms with E-state index in [1.165, 1.54) is 95.0 Å². The first kappa shape index (κ1) is 25.4. The molecule has 0 atom stereocenters. The molecule has 0 fully saturated rings. The minimum Gasteiger partial charge on any atom is -0.293 e. The summed E-state index contributed by atoms with van der Waals surface area (Å²) in [4.78, 5) is 20.2. The fraction of sp³-hybridized carbons (Fsp3) is 0.536. The second-order valence-electron chi connectivity index (χ2n) is 8.70. The molecular formula is C28H38OS3. The van der Waals surface area contributed by atoms with E-state index in [0.717, 1.165) is 11.3 Å². The average molecular weight is 487 g/mol. The van der Waals surface area contributed by atoms with E-state index in [9.17, 15) is 4.79 Å². The molecule has 3 heterocycles. The number of hydrogen-bond acceptors (Lipinski definition) is 4. The van der Waals surface area contributed by atoms with Crippen molar-refractivity contribution in [2.45, 2.75) is 97.3 Å². The molecule has 0 radical (unpaired) electrons. The average Bonchev–Trinajstić information content (AvgIpc) is 3.55. The van der Waals surface area contributed by atoms with Crippen molar-refractivity contribution in [3.63, 3.8) is 0 Å². The zero-order valence-electron chi connectivity index (χ0n) is 19.8. The van der Waals surface area contributed by atoms with Gasteiger partial charge in [0.1, 0.15) is 0 Å². The van der Waals surface area contributed by atoms with Crippen LogP contribution in [-0.2, 0) is 6.42 Å². The lowest BCUT2D eigenvalue weighted by molar-refractivity contribution is 0.0983. The molecule has 0 N–H and O–H groups in total. The second kappa shape index (κ2) is 14.1. The summed E-state index contributed by atoms with van der Waals surface area (Å²) in [5, 5.41) is 0. The molecule has 1 nitrogen and oxygen atoms in total. The van der Waals surface area contributed by atoms with E-state index < -0.39 is 0 Å². The standard InChI is InChI=1S/C28H38OS3/c1-3-5-7-9-11-12-14-22-16-17-25(30-22)26-20-21-28(32-26)27-19-18-24(31-27)23(29)15-13-10-8-6-4-2/h16-21H,3-15H2,1-2H3. The van der Waals surface area contributed by atoms with Gasteiger partial charge >= 0.3 is 0 Å². The summed E-state index contributed by atoms with van der Waals surface area (Å²) in [6, 6.07) is 13.2. The molecule has 0 aliphatic rings. The number of rotatable bonds is 16. The molecule has 0 saturated heterocycles. The van der Waals surface area contributed by atoms with Gasteiger partial charge in [-0.3, -0.25) is 4.79 Å². The van der Waals surface area contributed by atoms with E-state index in [2.05, 4.69) is 44.2 Å². The second-order valence-corrected chi connectivity index (χ2v) is 12.0. The predicted molar refractivity (Wildman–Crippen MR) is 146 cm³/mol. The van der Waals surface area contributed by atoms with E-state index in [1.54, 1.807) is 11.3 Å². The first-order valence-corrected chi connectivity index (χ1v) is 15.0. The van der Waals surface area contributed by atoms with E-state index in [0.29, 0.717) is 12.2 Å². The van der Waals surface area contributed by atoms with Gasteiger partial charge in [-0.15, -0.1) is 34.0 Å². The fourth-order valence-corrected chi connectivity index (χ4v) is 7.17. The number of carbonyl (C=O) groups is 1. The highest BCUT2D eigenvalue weighted by Gasteiger charge is 2.13. The van der Waals surface area contributed by atoms with Crippen LogP contribution >= 0.6 is 34.0 Å². The fourth-order valence-electron chi connectivity index (χ4n) is 3.96. The zero-order valence-corrected chi connectivity index (χ0v) is 22.2. The van der Waals surface area contributed by atoms with Crippen LogP contribution in [0.3, 0.4) is 0 Å². The topological polar surface area (TPSA) is 17.1 Å². The minimum absolute atomic E-state index is 0.312. The summed E-state index contributed by atoms with van der Waals surface area (Å²) in [6.45, 7) is 4.50. The maximum atomic E-state index is 12.5. The Morgan fingerprint density at radius 3 is 1.84 bits per heavy atom. The quantitative estimate of drug-likeness (QED) is 0.145. The molecule has 0 aromatic carbocycles. The van der Waals surface area contributed by atoms with Crippen LogP contribution in [0.4, 0.5) is 0 Å². The number of unbranched alkanes of at least 4 members (excludes halogenated alkanes) is 9. The molecule has 3 aromatic rings. The van der Waals surface area contributed by atoms with Gasteiger partial charge in [0.15, 0.2) is 5.78 Å². The Morgan fingerprint density at radius 1 is 0.594 bits per heavy atom. The third-order valence-corrected chi connectivity index (χ3v) is 9.67. The number of Topliss-reactive ketones (excluding diaryl/α,β-unsaturated/α-hetero) is 1. The van der Waals surface area contributed by atoms with Gasteiger partial charge in [-0.05, 0) is 55.7 Å². The Labute approximate surface area is 206 Å². The molecule has 174 valence electrons. The van der Waals surface area contributed by atoms with Gasteiger partial charge in [-0.25, -0.2) is 0 Å². The van der Waals surface area contributed by atoms with Crippen molar-refractivity contribution in [3.05, 3.63) is 46.2 Å². The van der Waals surface area contributed by atoms with Gasteiger partial charge in [0.2, 0.25) is 0 Å². The third-order valence-electron chi connectivity index (χ3n) is 5.92. The van der Waals surface area contributed by atoms with Crippen molar-refractivity contribution < 1.29 is 4.79 Å². The van der Waals surface area contributed by atoms with Crippen LogP contribution in [0.5, 0.6) is 0 Å². The summed E-state index contributed by atoms with van der Waals surface area (Å²) in [7, 11) is 0. The summed E-state index contributed by atoms with van der Waals surface area (Å²) < 4.78 is 0. The highest BCUT2D eigenvalue weighted by molar-refractivity contribution is 7.26. The van der Waals surface area contributed by atoms with Gasteiger partial charge in [0.25, 0.3) is 0 Å². The van der Waals surface area contributed by atoms with E-state index in [-0.39, 0.29) is 0 Å². The van der Waals surface area contributed by atoms with Gasteiger partial charge in [-0.1, -0.05) is 71.6 Å². The molecule has 3 aromatic heterocycles. The van der Waals surface area contributed by atoms with Gasteiger partial charge < -0.3 is 0 Å². The maximum Gasteiger partial charge on any atom is 0.172 e. The molecule has 0 saturated carbocycles. The molecule has 0 bridgehead atoms. The third kappa shape index (κ3) is 7.97. The van der Waals surface area contributed by atoms with Crippen LogP contribution in [0.15, 0.2) is 36.4 Å². The largest absolute Gasteiger partial charge is 0.293 e. The molecule has 0 spiro atoms. The molecule has 3 rings (SSSR count). The van der Waals surface area contributed by atoms with Crippen molar-refractivity contribution in [1.29, 1.82) is 0 Å². The monoisotopic (exact) mass is 486 g/mol. The highest BCUT2D eigenvalue weighted by Crippen LogP contribution is 2.40. The Bertz CT molecular complexity index is 930. The number of ketones is 1. The van der Waals surface area contributed by atoms with Crippen LogP contribution in [-0.4, -0.2) is 5.78 Å². The van der Waals surface area contributed by atoms with Crippen LogP contribution in [0.25, 0.3) is 19.5 Å². The van der Waals surface area contributed by atoms with Gasteiger partial charge in [0, 0.05) is 30.8 Å². The SMILES string of the molecule is CCCCCCCCc1ccc(-c2ccc(-c3ccc(C(=O)CCCCCCC)s3)s2)s1. The van der Waals surface area contributed by atoms with E-state index in [4.69, 9.17) is 0 Å². The lowest BCUT2D eigenvalue weighted by Crippen LogP contribution is -1.95. The molecule has 4 heteroatoms. The maximum absolute atomic E-state index is 12.5. The molecule has 0 amide bonds. The van der Waals surface area contributed by atoms with Crippen LogP contribution in [0.1, 0.15) is 105 Å². The van der Waals surface area contributed by atoms with Crippen molar-refractivity contribution in [2.75, 3.05) is 0 Å². The van der Waals surface area contributed by atoms with Crippen LogP contribution < -0.4 is 0 Å². The minimum atomic E-state index is 0.312. The summed E-state index contributed by atoms with van der Waals surface area (Å²) >= 11 is 5.46. The van der Waals surface area contributed by atoms with Crippen molar-refractivity contribution >= 4 is 39.8 Å². The van der Waals surface area contributed by atoms with Gasteiger partial charge in [0.05, 0.1) is 4.88 Å². The number of aryl methyl sites for hydroxylation is 1. The number of thiophene rings is 3. The van der Waals surface area contributed by atoms with Crippen LogP contribution in [0, 0.1) is 0 Å². The molecule has 0 aliphatic heterocycles. The molecule has 32 heavy (non-hydrogen) atoms.